The van der Waals surface area contributed by atoms with E-state index in [0.29, 0.717) is 13.1 Å². The third-order valence-corrected chi connectivity index (χ3v) is 1.93. The van der Waals surface area contributed by atoms with Gasteiger partial charge in [0.15, 0.2) is 0 Å². The van der Waals surface area contributed by atoms with E-state index in [1.165, 1.54) is 0 Å². The summed E-state index contributed by atoms with van der Waals surface area (Å²) in [7, 11) is 0. The number of rotatable bonds is 4. The fraction of sp³-hybridized carbons (Fsp3) is 0.250. The molecule has 0 heterocycles. The number of benzene rings is 1. The highest BCUT2D eigenvalue weighted by Gasteiger charge is 2.08. The lowest BCUT2D eigenvalue weighted by molar-refractivity contribution is 0.705. The molecule has 1 rings (SSSR count). The van der Waals surface area contributed by atoms with Gasteiger partial charge in [0.25, 0.3) is 0 Å². The van der Waals surface area contributed by atoms with E-state index in [2.05, 4.69) is 17.3 Å². The molecular formula is C12H12N2. The highest BCUT2D eigenvalue weighted by atomic mass is 14.8. The quantitative estimate of drug-likeness (QED) is 0.569. The van der Waals surface area contributed by atoms with Crippen LogP contribution in [0.5, 0.6) is 0 Å². The van der Waals surface area contributed by atoms with E-state index in [1.54, 1.807) is 0 Å². The Morgan fingerprint density at radius 1 is 1.36 bits per heavy atom. The second kappa shape index (κ2) is 5.80. The summed E-state index contributed by atoms with van der Waals surface area (Å²) in [5.41, 5.74) is 1.03. The van der Waals surface area contributed by atoms with Gasteiger partial charge in [-0.05, 0) is 5.56 Å². The van der Waals surface area contributed by atoms with Gasteiger partial charge in [0.1, 0.15) is 0 Å². The van der Waals surface area contributed by atoms with Crippen LogP contribution in [0.4, 0.5) is 0 Å². The Morgan fingerprint density at radius 3 is 2.64 bits per heavy atom. The lowest BCUT2D eigenvalue weighted by atomic mass is 10.0. The monoisotopic (exact) mass is 184 g/mol. The van der Waals surface area contributed by atoms with Crippen LogP contribution in [0.2, 0.25) is 0 Å². The summed E-state index contributed by atoms with van der Waals surface area (Å²) in [6.07, 6.45) is 5.10. The zero-order valence-corrected chi connectivity index (χ0v) is 7.90. The summed E-state index contributed by atoms with van der Waals surface area (Å²) in [6.45, 7) is 1.11. The molecule has 0 fully saturated rings. The topological polar surface area (TPSA) is 35.8 Å². The summed E-state index contributed by atoms with van der Waals surface area (Å²) in [5.74, 6) is 2.36. The average molecular weight is 184 g/mol. The molecule has 1 unspecified atom stereocenters. The number of nitrogens with zero attached hydrogens (tertiary/aromatic N) is 1. The Kier molecular flexibility index (Phi) is 4.27. The Labute approximate surface area is 84.6 Å². The van der Waals surface area contributed by atoms with Crippen LogP contribution in [0.15, 0.2) is 30.3 Å². The first-order chi connectivity index (χ1) is 6.88. The van der Waals surface area contributed by atoms with Crippen molar-refractivity contribution in [2.24, 2.45) is 0 Å². The normalized spacial score (nSPS) is 11.3. The predicted octanol–water partition coefficient (Wildman–Crippen LogP) is 1.52. The molecule has 0 aromatic heterocycles. The maximum Gasteiger partial charge on any atom is 0.0837 e. The maximum atomic E-state index is 8.94. The van der Waals surface area contributed by atoms with Crippen LogP contribution in [0.25, 0.3) is 0 Å². The molecule has 2 nitrogen and oxygen atoms in total. The van der Waals surface area contributed by atoms with E-state index in [-0.39, 0.29) is 5.92 Å². The van der Waals surface area contributed by atoms with Gasteiger partial charge in [-0.1, -0.05) is 36.3 Å². The summed E-state index contributed by atoms with van der Waals surface area (Å²) < 4.78 is 0. The van der Waals surface area contributed by atoms with E-state index in [9.17, 15) is 0 Å². The summed E-state index contributed by atoms with van der Waals surface area (Å²) in [5, 5.41) is 12.0. The van der Waals surface area contributed by atoms with E-state index >= 15 is 0 Å². The predicted molar refractivity (Wildman–Crippen MR) is 56.5 cm³/mol. The van der Waals surface area contributed by atoms with E-state index < -0.39 is 0 Å². The Hall–Kier alpha value is -1.77. The molecule has 2 heteroatoms. The van der Waals surface area contributed by atoms with Gasteiger partial charge < -0.3 is 5.32 Å². The molecule has 0 amide bonds. The van der Waals surface area contributed by atoms with Crippen molar-refractivity contribution in [3.63, 3.8) is 0 Å². The first-order valence-electron chi connectivity index (χ1n) is 4.47. The number of terminal acetylenes is 1. The zero-order chi connectivity index (χ0) is 10.2. The minimum absolute atomic E-state index is 0.121. The lowest BCUT2D eigenvalue weighted by Gasteiger charge is -2.08. The van der Waals surface area contributed by atoms with Crippen LogP contribution in [0.1, 0.15) is 11.5 Å². The molecule has 1 aromatic rings. The van der Waals surface area contributed by atoms with Crippen molar-refractivity contribution in [1.29, 1.82) is 5.26 Å². The Morgan fingerprint density at radius 2 is 2.07 bits per heavy atom. The summed E-state index contributed by atoms with van der Waals surface area (Å²) >= 11 is 0. The van der Waals surface area contributed by atoms with Gasteiger partial charge in [-0.3, -0.25) is 0 Å². The molecule has 0 saturated carbocycles. The first-order valence-corrected chi connectivity index (χ1v) is 4.47. The second-order valence-electron chi connectivity index (χ2n) is 2.93. The van der Waals surface area contributed by atoms with E-state index in [4.69, 9.17) is 11.7 Å². The van der Waals surface area contributed by atoms with Crippen LogP contribution in [-0.2, 0) is 0 Å². The largest absolute Gasteiger partial charge is 0.305 e. The highest BCUT2D eigenvalue weighted by Crippen LogP contribution is 2.12. The van der Waals surface area contributed by atoms with Crippen molar-refractivity contribution in [2.75, 3.05) is 13.1 Å². The molecular weight excluding hydrogens is 172 g/mol. The van der Waals surface area contributed by atoms with Crippen molar-refractivity contribution in [2.45, 2.75) is 5.92 Å². The first kappa shape index (κ1) is 10.3. The number of nitriles is 1. The minimum Gasteiger partial charge on any atom is -0.305 e. The summed E-state index contributed by atoms with van der Waals surface area (Å²) in [6, 6.07) is 11.9. The van der Waals surface area contributed by atoms with E-state index in [0.717, 1.165) is 5.56 Å². The Balaban J connectivity index is 2.57. The van der Waals surface area contributed by atoms with Gasteiger partial charge in [0, 0.05) is 6.54 Å². The van der Waals surface area contributed by atoms with Gasteiger partial charge in [-0.15, -0.1) is 6.42 Å². The zero-order valence-electron chi connectivity index (χ0n) is 7.90. The van der Waals surface area contributed by atoms with Gasteiger partial charge >= 0.3 is 0 Å². The van der Waals surface area contributed by atoms with Crippen LogP contribution in [0.3, 0.4) is 0 Å². The third-order valence-electron chi connectivity index (χ3n) is 1.93. The standard InChI is InChI=1S/C12H12N2/c1-2-8-14-10-12(9-13)11-6-4-3-5-7-11/h1,3-7,12,14H,8,10H2. The minimum atomic E-state index is -0.121. The molecule has 0 aliphatic rings. The molecule has 1 aromatic carbocycles. The maximum absolute atomic E-state index is 8.94. The second-order valence-corrected chi connectivity index (χ2v) is 2.93. The van der Waals surface area contributed by atoms with Gasteiger partial charge in [0.2, 0.25) is 0 Å². The Bertz CT molecular complexity index is 343. The summed E-state index contributed by atoms with van der Waals surface area (Å²) in [4.78, 5) is 0. The molecule has 1 atom stereocenters. The molecule has 14 heavy (non-hydrogen) atoms. The number of hydrogen-bond donors (Lipinski definition) is 1. The molecule has 70 valence electrons. The van der Waals surface area contributed by atoms with Gasteiger partial charge in [-0.25, -0.2) is 0 Å². The fourth-order valence-corrected chi connectivity index (χ4v) is 1.21. The van der Waals surface area contributed by atoms with Gasteiger partial charge in [-0.2, -0.15) is 5.26 Å². The fourth-order valence-electron chi connectivity index (χ4n) is 1.21. The van der Waals surface area contributed by atoms with Crippen molar-refractivity contribution < 1.29 is 0 Å². The van der Waals surface area contributed by atoms with Crippen LogP contribution >= 0.6 is 0 Å². The lowest BCUT2D eigenvalue weighted by Crippen LogP contribution is -2.20. The van der Waals surface area contributed by atoms with Crippen LogP contribution in [-0.4, -0.2) is 13.1 Å². The van der Waals surface area contributed by atoms with Gasteiger partial charge in [0.05, 0.1) is 18.5 Å². The average Bonchev–Trinajstić information content (AvgIpc) is 2.26. The van der Waals surface area contributed by atoms with Crippen LogP contribution in [0, 0.1) is 23.7 Å². The van der Waals surface area contributed by atoms with Crippen molar-refractivity contribution in [1.82, 2.24) is 5.32 Å². The molecule has 0 spiro atoms. The van der Waals surface area contributed by atoms with Crippen LogP contribution < -0.4 is 5.32 Å². The smallest absolute Gasteiger partial charge is 0.0837 e. The molecule has 1 N–H and O–H groups in total. The highest BCUT2D eigenvalue weighted by molar-refractivity contribution is 5.25. The molecule has 0 bridgehead atoms. The molecule has 0 aliphatic heterocycles. The SMILES string of the molecule is C#CCNCC(C#N)c1ccccc1. The number of hydrogen-bond acceptors (Lipinski definition) is 2. The third kappa shape index (κ3) is 2.94. The number of nitrogens with one attached hydrogen (secondary N) is 1. The van der Waals surface area contributed by atoms with E-state index in [1.807, 2.05) is 30.3 Å². The van der Waals surface area contributed by atoms with Crippen molar-refractivity contribution >= 4 is 0 Å². The molecule has 0 saturated heterocycles. The van der Waals surface area contributed by atoms with Crippen molar-refractivity contribution in [3.8, 4) is 18.4 Å². The molecule has 0 radical (unpaired) electrons. The molecule has 0 aliphatic carbocycles. The van der Waals surface area contributed by atoms with Crippen molar-refractivity contribution in [3.05, 3.63) is 35.9 Å².